The van der Waals surface area contributed by atoms with Crippen LogP contribution in [0.5, 0.6) is 0 Å². The van der Waals surface area contributed by atoms with Gasteiger partial charge in [0, 0.05) is 11.9 Å². The first-order chi connectivity index (χ1) is 12.3. The van der Waals surface area contributed by atoms with Crippen molar-refractivity contribution in [2.75, 3.05) is 13.4 Å². The van der Waals surface area contributed by atoms with Crippen LogP contribution in [0.2, 0.25) is 0 Å². The quantitative estimate of drug-likeness (QED) is 0.470. The number of ether oxygens (including phenoxy) is 2. The second kappa shape index (κ2) is 8.18. The van der Waals surface area contributed by atoms with Gasteiger partial charge in [0.15, 0.2) is 6.10 Å². The highest BCUT2D eigenvalue weighted by Gasteiger charge is 2.28. The van der Waals surface area contributed by atoms with E-state index in [-0.39, 0.29) is 5.69 Å². The second-order valence-corrected chi connectivity index (χ2v) is 6.38. The Hall–Kier alpha value is -2.61. The third-order valence-corrected chi connectivity index (χ3v) is 4.62. The lowest BCUT2D eigenvalue weighted by Gasteiger charge is -2.13. The number of aromatic amines is 1. The van der Waals surface area contributed by atoms with Crippen molar-refractivity contribution in [2.24, 2.45) is 0 Å². The molecule has 0 fully saturated rings. The Morgan fingerprint density at radius 3 is 2.54 bits per heavy atom. The first-order valence-electron chi connectivity index (χ1n) is 7.83. The number of rotatable bonds is 6. The molecule has 0 aliphatic rings. The molecule has 0 bridgehead atoms. The van der Waals surface area contributed by atoms with Gasteiger partial charge in [-0.05, 0) is 44.7 Å². The van der Waals surface area contributed by atoms with Gasteiger partial charge in [-0.15, -0.1) is 11.8 Å². The summed E-state index contributed by atoms with van der Waals surface area (Å²) in [6.07, 6.45) is 2.35. The van der Waals surface area contributed by atoms with E-state index >= 15 is 0 Å². The smallest absolute Gasteiger partial charge is 0.341 e. The molecule has 2 aromatic rings. The van der Waals surface area contributed by atoms with E-state index in [0.29, 0.717) is 27.4 Å². The molecule has 2 aromatic heterocycles. The zero-order chi connectivity index (χ0) is 19.4. The van der Waals surface area contributed by atoms with Crippen LogP contribution in [0.15, 0.2) is 23.4 Å². The lowest BCUT2D eigenvalue weighted by atomic mass is 10.1. The standard InChI is InChI=1S/C18H20N2O5S/c1-9-13(18(23)24-4)10(2)20-14(9)15(21)11(3)25-17(22)12-7-6-8-19-16(12)26-5/h6-8,11,20H,1-5H3. The molecule has 7 nitrogen and oxygen atoms in total. The van der Waals surface area contributed by atoms with Crippen LogP contribution in [0.1, 0.15) is 49.4 Å². The van der Waals surface area contributed by atoms with E-state index in [4.69, 9.17) is 9.47 Å². The number of Topliss-reactive ketones (excluding diaryl/α,β-unsaturated/α-hetero) is 1. The van der Waals surface area contributed by atoms with Gasteiger partial charge in [0.25, 0.3) is 0 Å². The molecule has 0 saturated carbocycles. The minimum Gasteiger partial charge on any atom is -0.465 e. The number of pyridine rings is 1. The summed E-state index contributed by atoms with van der Waals surface area (Å²) >= 11 is 1.31. The van der Waals surface area contributed by atoms with Crippen molar-refractivity contribution in [1.29, 1.82) is 0 Å². The number of nitrogens with zero attached hydrogens (tertiary/aromatic N) is 1. The number of thioether (sulfide) groups is 1. The highest BCUT2D eigenvalue weighted by Crippen LogP contribution is 2.22. The summed E-state index contributed by atoms with van der Waals surface area (Å²) in [5, 5.41) is 0.525. The van der Waals surface area contributed by atoms with Crippen molar-refractivity contribution >= 4 is 29.5 Å². The van der Waals surface area contributed by atoms with E-state index in [1.807, 2.05) is 0 Å². The van der Waals surface area contributed by atoms with Crippen molar-refractivity contribution in [3.05, 3.63) is 46.4 Å². The average Bonchev–Trinajstić information content (AvgIpc) is 2.94. The van der Waals surface area contributed by atoms with Crippen LogP contribution in [-0.4, -0.2) is 47.2 Å². The minimum absolute atomic E-state index is 0.222. The van der Waals surface area contributed by atoms with Crippen molar-refractivity contribution < 1.29 is 23.9 Å². The highest BCUT2D eigenvalue weighted by molar-refractivity contribution is 7.98. The number of carbonyl (C=O) groups excluding carboxylic acids is 3. The minimum atomic E-state index is -1.03. The maximum absolute atomic E-state index is 12.7. The van der Waals surface area contributed by atoms with Crippen molar-refractivity contribution in [2.45, 2.75) is 31.9 Å². The molecule has 0 aliphatic carbocycles. The molecular weight excluding hydrogens is 356 g/mol. The van der Waals surface area contributed by atoms with Gasteiger partial charge in [-0.3, -0.25) is 4.79 Å². The van der Waals surface area contributed by atoms with Gasteiger partial charge in [-0.1, -0.05) is 0 Å². The molecule has 1 unspecified atom stereocenters. The van der Waals surface area contributed by atoms with Gasteiger partial charge >= 0.3 is 11.9 Å². The van der Waals surface area contributed by atoms with E-state index in [0.717, 1.165) is 0 Å². The molecule has 138 valence electrons. The van der Waals surface area contributed by atoms with Crippen LogP contribution in [0.3, 0.4) is 0 Å². The summed E-state index contributed by atoms with van der Waals surface area (Å²) in [7, 11) is 1.28. The zero-order valence-corrected chi connectivity index (χ0v) is 16.0. The lowest BCUT2D eigenvalue weighted by molar-refractivity contribution is 0.0312. The number of carbonyl (C=O) groups is 3. The van der Waals surface area contributed by atoms with Crippen LogP contribution < -0.4 is 0 Å². The molecule has 2 rings (SSSR count). The predicted octanol–water partition coefficient (Wildman–Crippen LogP) is 2.96. The Balaban J connectivity index is 2.23. The number of hydrogen-bond acceptors (Lipinski definition) is 7. The Morgan fingerprint density at radius 2 is 1.92 bits per heavy atom. The second-order valence-electron chi connectivity index (χ2n) is 5.59. The monoisotopic (exact) mass is 376 g/mol. The number of hydrogen-bond donors (Lipinski definition) is 1. The number of aromatic nitrogens is 2. The molecule has 8 heteroatoms. The fourth-order valence-corrected chi connectivity index (χ4v) is 3.13. The van der Waals surface area contributed by atoms with Crippen molar-refractivity contribution in [3.8, 4) is 0 Å². The van der Waals surface area contributed by atoms with Gasteiger partial charge in [0.2, 0.25) is 5.78 Å². The van der Waals surface area contributed by atoms with Crippen molar-refractivity contribution in [1.82, 2.24) is 9.97 Å². The Kier molecular flexibility index (Phi) is 6.20. The molecule has 2 heterocycles. The average molecular weight is 376 g/mol. The number of aryl methyl sites for hydroxylation is 1. The van der Waals surface area contributed by atoms with E-state index in [1.165, 1.54) is 25.8 Å². The summed E-state index contributed by atoms with van der Waals surface area (Å²) in [6, 6.07) is 3.22. The highest BCUT2D eigenvalue weighted by atomic mass is 32.2. The molecule has 0 aromatic carbocycles. The number of nitrogens with one attached hydrogen (secondary N) is 1. The molecule has 26 heavy (non-hydrogen) atoms. The fourth-order valence-electron chi connectivity index (χ4n) is 2.59. The Morgan fingerprint density at radius 1 is 1.23 bits per heavy atom. The summed E-state index contributed by atoms with van der Waals surface area (Å²) in [4.78, 5) is 43.9. The first-order valence-corrected chi connectivity index (χ1v) is 9.05. The molecule has 1 N–H and O–H groups in total. The molecule has 1 atom stereocenters. The van der Waals surface area contributed by atoms with Gasteiger partial charge in [-0.2, -0.15) is 0 Å². The predicted molar refractivity (Wildman–Crippen MR) is 96.8 cm³/mol. The van der Waals surface area contributed by atoms with Gasteiger partial charge < -0.3 is 14.5 Å². The third kappa shape index (κ3) is 3.80. The van der Waals surface area contributed by atoms with Crippen molar-refractivity contribution in [3.63, 3.8) is 0 Å². The number of H-pyrrole nitrogens is 1. The van der Waals surface area contributed by atoms with Crippen LogP contribution in [0, 0.1) is 13.8 Å². The summed E-state index contributed by atoms with van der Waals surface area (Å²) in [5.74, 6) is -1.58. The fraction of sp³-hybridized carbons (Fsp3) is 0.333. The van der Waals surface area contributed by atoms with E-state index < -0.39 is 23.8 Å². The number of ketones is 1. The molecule has 0 radical (unpaired) electrons. The number of esters is 2. The van der Waals surface area contributed by atoms with Crippen LogP contribution in [0.25, 0.3) is 0 Å². The molecule has 0 saturated heterocycles. The summed E-state index contributed by atoms with van der Waals surface area (Å²) in [5.41, 5.74) is 1.82. The summed E-state index contributed by atoms with van der Waals surface area (Å²) in [6.45, 7) is 4.81. The largest absolute Gasteiger partial charge is 0.465 e. The van der Waals surface area contributed by atoms with Crippen LogP contribution >= 0.6 is 11.8 Å². The SMILES string of the molecule is COC(=O)c1c(C)[nH]c(C(=O)C(C)OC(=O)c2cccnc2SC)c1C. The van der Waals surface area contributed by atoms with E-state index in [2.05, 4.69) is 9.97 Å². The molecule has 0 amide bonds. The topological polar surface area (TPSA) is 98.4 Å². The van der Waals surface area contributed by atoms with E-state index in [9.17, 15) is 14.4 Å². The maximum Gasteiger partial charge on any atom is 0.341 e. The lowest BCUT2D eigenvalue weighted by Crippen LogP contribution is -2.25. The van der Waals surface area contributed by atoms with E-state index in [1.54, 1.807) is 38.4 Å². The molecular formula is C18H20N2O5S. The Bertz CT molecular complexity index is 859. The van der Waals surface area contributed by atoms with Gasteiger partial charge in [-0.25, -0.2) is 14.6 Å². The number of methoxy groups -OCH3 is 1. The normalized spacial score (nSPS) is 11.7. The first kappa shape index (κ1) is 19.7. The Labute approximate surface area is 155 Å². The van der Waals surface area contributed by atoms with Gasteiger partial charge in [0.05, 0.1) is 23.9 Å². The van der Waals surface area contributed by atoms with Crippen LogP contribution in [0.4, 0.5) is 0 Å². The molecule has 0 spiro atoms. The van der Waals surface area contributed by atoms with Gasteiger partial charge in [0.1, 0.15) is 5.03 Å². The molecule has 0 aliphatic heterocycles. The maximum atomic E-state index is 12.7. The summed E-state index contributed by atoms with van der Waals surface area (Å²) < 4.78 is 10.0. The third-order valence-electron chi connectivity index (χ3n) is 3.91. The zero-order valence-electron chi connectivity index (χ0n) is 15.2. The van der Waals surface area contributed by atoms with Crippen LogP contribution in [-0.2, 0) is 9.47 Å².